The Kier molecular flexibility index (Phi) is 8.39. The lowest BCUT2D eigenvalue weighted by Crippen LogP contribution is -2.25. The molecule has 0 amide bonds. The number of halogens is 3. The summed E-state index contributed by atoms with van der Waals surface area (Å²) in [5.74, 6) is -0.542. The first-order valence-corrected chi connectivity index (χ1v) is 16.0. The van der Waals surface area contributed by atoms with Crippen LogP contribution in [0, 0.1) is 12.7 Å². The Hall–Kier alpha value is -4.79. The maximum absolute atomic E-state index is 15.1. The monoisotopic (exact) mass is 649 g/mol. The molecule has 1 aliphatic rings. The van der Waals surface area contributed by atoms with Gasteiger partial charge in [0.2, 0.25) is 0 Å². The van der Waals surface area contributed by atoms with Crippen molar-refractivity contribution in [2.75, 3.05) is 20.3 Å². The highest BCUT2D eigenvalue weighted by atomic mass is 32.2. The van der Waals surface area contributed by atoms with Gasteiger partial charge in [0, 0.05) is 32.9 Å². The number of aromatic nitrogens is 1. The standard InChI is InChI=1S/C39H30F3NO3S/c1-23-18-27(39(44)45-2)12-16-31(23)25-6-5-7-26(19-25)37-36(33-9-4-3-8-32(33)28-21-46-22-28)34-20-29(40)13-17-35(34)43(37)47-30-14-10-24(11-15-30)38(41)42/h3-20,28,38H,21-22H2,1-2H3. The minimum absolute atomic E-state index is 0.0485. The smallest absolute Gasteiger partial charge is 0.337 e. The molecule has 0 N–H and O–H groups in total. The van der Waals surface area contributed by atoms with Gasteiger partial charge in [-0.1, -0.05) is 60.7 Å². The number of fused-ring (bicyclic) bond motifs is 1. The molecule has 1 fully saturated rings. The highest BCUT2D eigenvalue weighted by Gasteiger charge is 2.28. The van der Waals surface area contributed by atoms with Gasteiger partial charge in [0.1, 0.15) is 5.82 Å². The quantitative estimate of drug-likeness (QED) is 0.154. The Morgan fingerprint density at radius 2 is 1.64 bits per heavy atom. The molecule has 7 rings (SSSR count). The SMILES string of the molecule is COC(=O)c1ccc(-c2cccc(-c3c(-c4ccccc4C4COC4)c4cc(F)ccc4n3Sc3ccc(C(F)F)cc3)c2)c(C)c1. The van der Waals surface area contributed by atoms with Crippen LogP contribution in [0.1, 0.15) is 39.4 Å². The van der Waals surface area contributed by atoms with E-state index in [1.54, 1.807) is 30.3 Å². The van der Waals surface area contributed by atoms with E-state index in [0.717, 1.165) is 60.4 Å². The van der Waals surface area contributed by atoms with Gasteiger partial charge in [-0.05, 0) is 95.2 Å². The Morgan fingerprint density at radius 1 is 0.872 bits per heavy atom. The van der Waals surface area contributed by atoms with Crippen LogP contribution in [-0.4, -0.2) is 30.3 Å². The third-order valence-electron chi connectivity index (χ3n) is 8.62. The molecule has 0 bridgehead atoms. The molecule has 6 aromatic rings. The molecule has 2 heterocycles. The second kappa shape index (κ2) is 12.8. The third kappa shape index (κ3) is 5.83. The molecule has 1 aromatic heterocycles. The van der Waals surface area contributed by atoms with Crippen LogP contribution < -0.4 is 0 Å². The largest absolute Gasteiger partial charge is 0.465 e. The molecule has 1 aliphatic heterocycles. The molecule has 5 aromatic carbocycles. The van der Waals surface area contributed by atoms with Gasteiger partial charge in [-0.2, -0.15) is 0 Å². The highest BCUT2D eigenvalue weighted by molar-refractivity contribution is 7.98. The molecule has 47 heavy (non-hydrogen) atoms. The van der Waals surface area contributed by atoms with Crippen LogP contribution >= 0.6 is 11.9 Å². The lowest BCUT2D eigenvalue weighted by molar-refractivity contribution is 0.00864. The van der Waals surface area contributed by atoms with Crippen LogP contribution in [-0.2, 0) is 9.47 Å². The molecule has 1 saturated heterocycles. The zero-order valence-corrected chi connectivity index (χ0v) is 26.5. The number of nitrogens with zero attached hydrogens (tertiary/aromatic N) is 1. The summed E-state index contributed by atoms with van der Waals surface area (Å²) >= 11 is 1.40. The van der Waals surface area contributed by atoms with Gasteiger partial charge in [0.25, 0.3) is 6.43 Å². The van der Waals surface area contributed by atoms with Crippen LogP contribution in [0.3, 0.4) is 0 Å². The fraction of sp³-hybridized carbons (Fsp3) is 0.154. The first-order chi connectivity index (χ1) is 22.8. The fourth-order valence-corrected chi connectivity index (χ4v) is 7.22. The Morgan fingerprint density at radius 3 is 2.34 bits per heavy atom. The van der Waals surface area contributed by atoms with E-state index in [9.17, 15) is 13.6 Å². The Bertz CT molecular complexity index is 2120. The number of hydrogen-bond donors (Lipinski definition) is 0. The van der Waals surface area contributed by atoms with Crippen molar-refractivity contribution in [2.45, 2.75) is 24.2 Å². The molecule has 4 nitrogen and oxygen atoms in total. The lowest BCUT2D eigenvalue weighted by Gasteiger charge is -2.28. The van der Waals surface area contributed by atoms with Crippen molar-refractivity contribution >= 4 is 28.8 Å². The summed E-state index contributed by atoms with van der Waals surface area (Å²) in [5.41, 5.74) is 8.77. The topological polar surface area (TPSA) is 40.5 Å². The Labute approximate surface area is 274 Å². The summed E-state index contributed by atoms with van der Waals surface area (Å²) in [6.07, 6.45) is -2.56. The van der Waals surface area contributed by atoms with Crippen molar-refractivity contribution in [2.24, 2.45) is 0 Å². The van der Waals surface area contributed by atoms with Crippen molar-refractivity contribution in [1.29, 1.82) is 0 Å². The summed E-state index contributed by atoms with van der Waals surface area (Å²) in [6, 6.07) is 32.8. The molecule has 0 unspecified atom stereocenters. The number of benzene rings is 5. The second-order valence-electron chi connectivity index (χ2n) is 11.6. The van der Waals surface area contributed by atoms with Crippen molar-refractivity contribution in [3.63, 3.8) is 0 Å². The summed E-state index contributed by atoms with van der Waals surface area (Å²) in [6.45, 7) is 3.18. The van der Waals surface area contributed by atoms with Crippen molar-refractivity contribution in [3.05, 3.63) is 137 Å². The van der Waals surface area contributed by atoms with Gasteiger partial charge in [-0.15, -0.1) is 0 Å². The number of aryl methyl sites for hydroxylation is 1. The third-order valence-corrected chi connectivity index (χ3v) is 9.66. The molecule has 8 heteroatoms. The average Bonchev–Trinajstić information content (AvgIpc) is 3.36. The maximum Gasteiger partial charge on any atom is 0.337 e. The van der Waals surface area contributed by atoms with Gasteiger partial charge in [-0.25, -0.2) is 18.0 Å². The molecule has 236 valence electrons. The highest BCUT2D eigenvalue weighted by Crippen LogP contribution is 2.48. The van der Waals surface area contributed by atoms with E-state index >= 15 is 4.39 Å². The fourth-order valence-electron chi connectivity index (χ4n) is 6.21. The molecule has 0 aliphatic carbocycles. The van der Waals surface area contributed by atoms with E-state index in [4.69, 9.17) is 9.47 Å². The molecular formula is C39H30F3NO3S. The number of methoxy groups -OCH3 is 1. The first-order valence-electron chi connectivity index (χ1n) is 15.2. The van der Waals surface area contributed by atoms with E-state index in [0.29, 0.717) is 18.8 Å². The number of carbonyl (C=O) groups excluding carboxylic acids is 1. The van der Waals surface area contributed by atoms with Crippen LogP contribution in [0.2, 0.25) is 0 Å². The first kappa shape index (κ1) is 30.8. The van der Waals surface area contributed by atoms with E-state index < -0.39 is 12.4 Å². The number of esters is 1. The van der Waals surface area contributed by atoms with Crippen LogP contribution in [0.25, 0.3) is 44.4 Å². The molecule has 0 spiro atoms. The number of rotatable bonds is 8. The van der Waals surface area contributed by atoms with Gasteiger partial charge < -0.3 is 9.47 Å². The van der Waals surface area contributed by atoms with Crippen LogP contribution in [0.5, 0.6) is 0 Å². The van der Waals surface area contributed by atoms with Crippen molar-refractivity contribution < 1.29 is 27.4 Å². The van der Waals surface area contributed by atoms with E-state index in [1.165, 1.54) is 37.3 Å². The molecule has 0 atom stereocenters. The van der Waals surface area contributed by atoms with Gasteiger partial charge in [-0.3, -0.25) is 3.97 Å². The minimum atomic E-state index is -2.56. The zero-order valence-electron chi connectivity index (χ0n) is 25.7. The van der Waals surface area contributed by atoms with Gasteiger partial charge in [0.15, 0.2) is 0 Å². The zero-order chi connectivity index (χ0) is 32.7. The normalized spacial score (nSPS) is 13.2. The van der Waals surface area contributed by atoms with E-state index in [2.05, 4.69) is 22.2 Å². The molecule has 0 radical (unpaired) electrons. The Balaban J connectivity index is 1.47. The van der Waals surface area contributed by atoms with Crippen molar-refractivity contribution in [1.82, 2.24) is 3.97 Å². The number of hydrogen-bond acceptors (Lipinski definition) is 4. The van der Waals surface area contributed by atoms with Gasteiger partial charge >= 0.3 is 5.97 Å². The number of alkyl halides is 2. The summed E-state index contributed by atoms with van der Waals surface area (Å²) in [5, 5.41) is 0.744. The minimum Gasteiger partial charge on any atom is -0.465 e. The van der Waals surface area contributed by atoms with Crippen LogP contribution in [0.15, 0.2) is 114 Å². The van der Waals surface area contributed by atoms with E-state index in [1.807, 2.05) is 49.4 Å². The number of carbonyl (C=O) groups is 1. The summed E-state index contributed by atoms with van der Waals surface area (Å²) in [4.78, 5) is 12.9. The molecular weight excluding hydrogens is 619 g/mol. The average molecular weight is 650 g/mol. The molecule has 0 saturated carbocycles. The van der Waals surface area contributed by atoms with E-state index in [-0.39, 0.29) is 17.3 Å². The maximum atomic E-state index is 15.1. The number of ether oxygens (including phenoxy) is 2. The van der Waals surface area contributed by atoms with Gasteiger partial charge in [0.05, 0.1) is 37.1 Å². The summed E-state index contributed by atoms with van der Waals surface area (Å²) < 4.78 is 54.4. The summed E-state index contributed by atoms with van der Waals surface area (Å²) in [7, 11) is 1.36. The van der Waals surface area contributed by atoms with Crippen LogP contribution in [0.4, 0.5) is 13.2 Å². The predicted molar refractivity (Wildman–Crippen MR) is 180 cm³/mol. The lowest BCUT2D eigenvalue weighted by atomic mass is 9.87. The predicted octanol–water partition coefficient (Wildman–Crippen LogP) is 10.5. The van der Waals surface area contributed by atoms with Crippen molar-refractivity contribution in [3.8, 4) is 33.5 Å². The second-order valence-corrected chi connectivity index (χ2v) is 12.6.